The molecule has 2 heterocycles. The highest BCUT2D eigenvalue weighted by molar-refractivity contribution is 6.14. The molecule has 0 aliphatic rings. The van der Waals surface area contributed by atoms with Crippen molar-refractivity contribution >= 4 is 61.1 Å². The third-order valence-corrected chi connectivity index (χ3v) is 10.7. The molecule has 0 atom stereocenters. The molecule has 0 amide bonds. The molecule has 7 aromatic carbocycles. The molecule has 0 fully saturated rings. The highest BCUT2D eigenvalue weighted by Crippen LogP contribution is 2.37. The lowest BCUT2D eigenvalue weighted by molar-refractivity contribution is 1.18. The molecule has 0 aliphatic heterocycles. The smallest absolute Gasteiger partial charge is 0.0660 e. The highest BCUT2D eigenvalue weighted by Gasteiger charge is 2.16. The lowest BCUT2D eigenvalue weighted by Gasteiger charge is -2.13. The number of aliphatic imine (C=N–C) groups is 1. The minimum absolute atomic E-state index is 0.768. The zero-order valence-electron chi connectivity index (χ0n) is 31.4. The fraction of sp³-hybridized carbons (Fsp3) is 0.0377. The van der Waals surface area contributed by atoms with Gasteiger partial charge in [-0.05, 0) is 82.8 Å². The van der Waals surface area contributed by atoms with Gasteiger partial charge < -0.3 is 9.13 Å². The van der Waals surface area contributed by atoms with E-state index in [4.69, 9.17) is 4.99 Å². The third kappa shape index (κ3) is 6.40. The molecule has 0 saturated carbocycles. The van der Waals surface area contributed by atoms with E-state index in [0.717, 1.165) is 34.4 Å². The maximum absolute atomic E-state index is 4.83. The summed E-state index contributed by atoms with van der Waals surface area (Å²) in [4.78, 5) is 4.83. The molecule has 268 valence electrons. The molecular formula is C53H41N3. The van der Waals surface area contributed by atoms with Gasteiger partial charge in [0.1, 0.15) is 0 Å². The Morgan fingerprint density at radius 1 is 0.571 bits per heavy atom. The SMILES string of the molecule is C=C/C=C\C=C(/Cc1ccccc1C(/C=C\n1c2ccccc2c2cc(-c3ccc4c5ccccc5n(-c5ccccc5)c4c3)ccc21)=NC)c1ccccc1. The summed E-state index contributed by atoms with van der Waals surface area (Å²) in [5.41, 5.74) is 13.9. The van der Waals surface area contributed by atoms with Crippen LogP contribution in [0.25, 0.3) is 72.2 Å². The second-order valence-corrected chi connectivity index (χ2v) is 14.0. The number of rotatable bonds is 10. The highest BCUT2D eigenvalue weighted by atomic mass is 15.0. The van der Waals surface area contributed by atoms with E-state index in [1.165, 1.54) is 60.4 Å². The van der Waals surface area contributed by atoms with Gasteiger partial charge in [0.25, 0.3) is 0 Å². The number of hydrogen-bond acceptors (Lipinski definition) is 1. The molecule has 9 aromatic rings. The van der Waals surface area contributed by atoms with Crippen molar-refractivity contribution in [1.82, 2.24) is 9.13 Å². The van der Waals surface area contributed by atoms with Crippen LogP contribution in [0.15, 0.2) is 212 Å². The van der Waals surface area contributed by atoms with Crippen LogP contribution in [0.2, 0.25) is 0 Å². The van der Waals surface area contributed by atoms with Crippen LogP contribution in [0.1, 0.15) is 16.7 Å². The Morgan fingerprint density at radius 2 is 1.20 bits per heavy atom. The number of aromatic nitrogens is 2. The summed E-state index contributed by atoms with van der Waals surface area (Å²) in [7, 11) is 1.88. The van der Waals surface area contributed by atoms with Gasteiger partial charge in [-0.15, -0.1) is 0 Å². The van der Waals surface area contributed by atoms with E-state index >= 15 is 0 Å². The van der Waals surface area contributed by atoms with E-state index in [0.29, 0.717) is 0 Å². The number of benzene rings is 7. The van der Waals surface area contributed by atoms with E-state index < -0.39 is 0 Å². The molecule has 0 bridgehead atoms. The van der Waals surface area contributed by atoms with Crippen LogP contribution >= 0.6 is 0 Å². The lowest BCUT2D eigenvalue weighted by Crippen LogP contribution is -2.04. The van der Waals surface area contributed by atoms with Gasteiger partial charge in [-0.2, -0.15) is 0 Å². The summed E-state index contributed by atoms with van der Waals surface area (Å²) in [6.07, 6.45) is 13.1. The largest absolute Gasteiger partial charge is 0.316 e. The van der Waals surface area contributed by atoms with Crippen molar-refractivity contribution < 1.29 is 0 Å². The van der Waals surface area contributed by atoms with Crippen LogP contribution in [0.5, 0.6) is 0 Å². The van der Waals surface area contributed by atoms with Crippen molar-refractivity contribution in [2.24, 2.45) is 4.99 Å². The Bertz CT molecular complexity index is 3000. The summed E-state index contributed by atoms with van der Waals surface area (Å²) in [5.74, 6) is 0. The van der Waals surface area contributed by atoms with E-state index in [1.54, 1.807) is 6.08 Å². The average molecular weight is 720 g/mol. The van der Waals surface area contributed by atoms with Crippen molar-refractivity contribution in [3.63, 3.8) is 0 Å². The molecule has 0 unspecified atom stereocenters. The number of hydrogen-bond donors (Lipinski definition) is 0. The Morgan fingerprint density at radius 3 is 1.98 bits per heavy atom. The standard InChI is InChI=1S/C53H41N3/c1-3-4-7-20-39(38-18-8-5-9-19-38)35-42-21-12-13-24-44(42)49(54-2)33-34-55-50-27-16-14-26-46(50)48-36-40(30-32-51(48)55)41-29-31-47-45-25-15-17-28-52(45)56(53(47)37-41)43-22-10-6-11-23-43/h3-34,36-37H,1,35H2,2H3/b7-4-,34-33-,39-20+,54-49?. The maximum Gasteiger partial charge on any atom is 0.0660 e. The lowest BCUT2D eigenvalue weighted by atomic mass is 9.93. The Labute approximate surface area is 327 Å². The minimum atomic E-state index is 0.768. The molecule has 0 saturated heterocycles. The van der Waals surface area contributed by atoms with Gasteiger partial charge in [0, 0.05) is 46.0 Å². The maximum atomic E-state index is 4.83. The summed E-state index contributed by atoms with van der Waals surface area (Å²) < 4.78 is 4.68. The second-order valence-electron chi connectivity index (χ2n) is 14.0. The quantitative estimate of drug-likeness (QED) is 0.0992. The summed E-state index contributed by atoms with van der Waals surface area (Å²) in [5, 5.41) is 4.94. The molecule has 3 heteroatoms. The predicted octanol–water partition coefficient (Wildman–Crippen LogP) is 13.5. The van der Waals surface area contributed by atoms with Gasteiger partial charge in [0.15, 0.2) is 0 Å². The molecule has 0 spiro atoms. The van der Waals surface area contributed by atoms with Gasteiger partial charge in [-0.25, -0.2) is 0 Å². The topological polar surface area (TPSA) is 22.2 Å². The van der Waals surface area contributed by atoms with Crippen LogP contribution in [-0.4, -0.2) is 21.9 Å². The van der Waals surface area contributed by atoms with E-state index in [1.807, 2.05) is 13.1 Å². The van der Waals surface area contributed by atoms with Crippen LogP contribution in [-0.2, 0) is 6.42 Å². The van der Waals surface area contributed by atoms with Crippen molar-refractivity contribution in [2.45, 2.75) is 6.42 Å². The van der Waals surface area contributed by atoms with Crippen molar-refractivity contribution in [3.8, 4) is 16.8 Å². The zero-order valence-corrected chi connectivity index (χ0v) is 31.4. The van der Waals surface area contributed by atoms with Gasteiger partial charge in [-0.3, -0.25) is 4.99 Å². The molecule has 0 radical (unpaired) electrons. The first kappa shape index (κ1) is 34.5. The summed E-state index contributed by atoms with van der Waals surface area (Å²) in [6, 6.07) is 60.9. The molecule has 9 rings (SSSR count). The van der Waals surface area contributed by atoms with Crippen LogP contribution < -0.4 is 0 Å². The average Bonchev–Trinajstić information content (AvgIpc) is 3.76. The summed E-state index contributed by atoms with van der Waals surface area (Å²) >= 11 is 0. The molecule has 3 nitrogen and oxygen atoms in total. The number of fused-ring (bicyclic) bond motifs is 6. The molecular weight excluding hydrogens is 679 g/mol. The Hall–Kier alpha value is -7.23. The van der Waals surface area contributed by atoms with Crippen molar-refractivity contribution in [2.75, 3.05) is 7.05 Å². The number of allylic oxidation sites excluding steroid dienone is 6. The number of para-hydroxylation sites is 3. The minimum Gasteiger partial charge on any atom is -0.316 e. The molecule has 0 N–H and O–H groups in total. The van der Waals surface area contributed by atoms with Crippen molar-refractivity contribution in [3.05, 3.63) is 224 Å². The molecule has 2 aromatic heterocycles. The monoisotopic (exact) mass is 719 g/mol. The van der Waals surface area contributed by atoms with E-state index in [-0.39, 0.29) is 0 Å². The first-order valence-corrected chi connectivity index (χ1v) is 19.1. The van der Waals surface area contributed by atoms with E-state index in [2.05, 4.69) is 210 Å². The normalized spacial score (nSPS) is 12.6. The first-order valence-electron chi connectivity index (χ1n) is 19.1. The molecule has 0 aliphatic carbocycles. The first-order chi connectivity index (χ1) is 27.7. The van der Waals surface area contributed by atoms with Crippen LogP contribution in [0, 0.1) is 0 Å². The Balaban J connectivity index is 1.10. The fourth-order valence-corrected chi connectivity index (χ4v) is 8.07. The second kappa shape index (κ2) is 15.3. The van der Waals surface area contributed by atoms with E-state index in [9.17, 15) is 0 Å². The van der Waals surface area contributed by atoms with Gasteiger partial charge in [0.2, 0.25) is 0 Å². The van der Waals surface area contributed by atoms with Crippen molar-refractivity contribution in [1.29, 1.82) is 0 Å². The van der Waals surface area contributed by atoms with Gasteiger partial charge in [0.05, 0.1) is 27.8 Å². The Kier molecular flexibility index (Phi) is 9.41. The molecule has 56 heavy (non-hydrogen) atoms. The third-order valence-electron chi connectivity index (χ3n) is 10.7. The van der Waals surface area contributed by atoms with Gasteiger partial charge in [-0.1, -0.05) is 158 Å². The fourth-order valence-electron chi connectivity index (χ4n) is 8.07. The summed E-state index contributed by atoms with van der Waals surface area (Å²) in [6.45, 7) is 3.85. The van der Waals surface area contributed by atoms with Gasteiger partial charge >= 0.3 is 0 Å². The van der Waals surface area contributed by atoms with Crippen LogP contribution in [0.4, 0.5) is 0 Å². The number of nitrogens with zero attached hydrogens (tertiary/aromatic N) is 3. The predicted molar refractivity (Wildman–Crippen MR) is 241 cm³/mol. The van der Waals surface area contributed by atoms with Crippen LogP contribution in [0.3, 0.4) is 0 Å². The zero-order chi connectivity index (χ0) is 37.8.